The van der Waals surface area contributed by atoms with Crippen LogP contribution in [0.4, 0.5) is 0 Å². The van der Waals surface area contributed by atoms with Gasteiger partial charge in [-0.15, -0.1) is 0 Å². The summed E-state index contributed by atoms with van der Waals surface area (Å²) in [6.45, 7) is 2.27. The molecule has 176 valence electrons. The van der Waals surface area contributed by atoms with Gasteiger partial charge in [-0.05, 0) is 36.8 Å². The SMILES string of the molecule is CC(=O)c1cccc(S(=O)(=O)N2CCN(C(=O)c3cccn(Cc4ccccc4)c3=O)CC2)c1. The van der Waals surface area contributed by atoms with Gasteiger partial charge in [0, 0.05) is 37.9 Å². The number of aromatic nitrogens is 1. The molecule has 0 atom stereocenters. The Morgan fingerprint density at radius 2 is 1.59 bits per heavy atom. The highest BCUT2D eigenvalue weighted by molar-refractivity contribution is 7.89. The van der Waals surface area contributed by atoms with Crippen LogP contribution in [-0.4, -0.2) is 60.1 Å². The Morgan fingerprint density at radius 1 is 0.882 bits per heavy atom. The van der Waals surface area contributed by atoms with Crippen LogP contribution in [0.2, 0.25) is 0 Å². The van der Waals surface area contributed by atoms with Gasteiger partial charge in [-0.25, -0.2) is 8.42 Å². The molecule has 1 saturated heterocycles. The average molecular weight is 480 g/mol. The summed E-state index contributed by atoms with van der Waals surface area (Å²) >= 11 is 0. The van der Waals surface area contributed by atoms with Crippen molar-refractivity contribution in [1.29, 1.82) is 0 Å². The lowest BCUT2D eigenvalue weighted by atomic mass is 10.2. The van der Waals surface area contributed by atoms with Crippen LogP contribution in [0, 0.1) is 0 Å². The lowest BCUT2D eigenvalue weighted by Crippen LogP contribution is -2.51. The van der Waals surface area contributed by atoms with E-state index in [1.807, 2.05) is 30.3 Å². The van der Waals surface area contributed by atoms with Gasteiger partial charge in [0.25, 0.3) is 11.5 Å². The van der Waals surface area contributed by atoms with Crippen LogP contribution in [0.15, 0.2) is 82.6 Å². The predicted octanol–water partition coefficient (Wildman–Crippen LogP) is 2.25. The maximum Gasteiger partial charge on any atom is 0.263 e. The zero-order chi connectivity index (χ0) is 24.3. The van der Waals surface area contributed by atoms with E-state index in [-0.39, 0.29) is 48.0 Å². The molecule has 2 aromatic carbocycles. The molecular weight excluding hydrogens is 454 g/mol. The Bertz CT molecular complexity index is 1370. The van der Waals surface area contributed by atoms with Gasteiger partial charge in [-0.1, -0.05) is 42.5 Å². The molecular formula is C25H25N3O5S. The third kappa shape index (κ3) is 4.85. The van der Waals surface area contributed by atoms with Crippen molar-refractivity contribution in [3.63, 3.8) is 0 Å². The largest absolute Gasteiger partial charge is 0.336 e. The summed E-state index contributed by atoms with van der Waals surface area (Å²) in [6, 6.07) is 18.6. The fourth-order valence-electron chi connectivity index (χ4n) is 3.93. The zero-order valence-electron chi connectivity index (χ0n) is 18.8. The number of carbonyl (C=O) groups excluding carboxylic acids is 2. The second-order valence-corrected chi connectivity index (χ2v) is 10.1. The number of benzene rings is 2. The minimum absolute atomic E-state index is 0.0480. The van der Waals surface area contributed by atoms with Gasteiger partial charge in [-0.3, -0.25) is 14.4 Å². The first-order valence-corrected chi connectivity index (χ1v) is 12.3. The second-order valence-electron chi connectivity index (χ2n) is 8.12. The molecule has 0 unspecified atom stereocenters. The van der Waals surface area contributed by atoms with Crippen molar-refractivity contribution in [2.45, 2.75) is 18.4 Å². The van der Waals surface area contributed by atoms with Crippen LogP contribution < -0.4 is 5.56 Å². The highest BCUT2D eigenvalue weighted by atomic mass is 32.2. The lowest BCUT2D eigenvalue weighted by molar-refractivity contribution is 0.0695. The van der Waals surface area contributed by atoms with Gasteiger partial charge in [0.1, 0.15) is 5.56 Å². The first-order valence-electron chi connectivity index (χ1n) is 10.9. The van der Waals surface area contributed by atoms with Crippen LogP contribution in [0.25, 0.3) is 0 Å². The van der Waals surface area contributed by atoms with E-state index in [9.17, 15) is 22.8 Å². The van der Waals surface area contributed by atoms with Crippen molar-refractivity contribution in [3.8, 4) is 0 Å². The monoisotopic (exact) mass is 479 g/mol. The summed E-state index contributed by atoms with van der Waals surface area (Å²) in [4.78, 5) is 39.2. The van der Waals surface area contributed by atoms with E-state index in [1.165, 1.54) is 38.9 Å². The molecule has 3 aromatic rings. The molecule has 1 fully saturated rings. The Labute approximate surface area is 198 Å². The smallest absolute Gasteiger partial charge is 0.263 e. The van der Waals surface area contributed by atoms with E-state index in [2.05, 4.69) is 0 Å². The van der Waals surface area contributed by atoms with Crippen molar-refractivity contribution in [1.82, 2.24) is 13.8 Å². The standard InChI is InChI=1S/C25H25N3O5S/c1-19(29)21-9-5-10-22(17-21)34(32,33)28-15-13-26(14-16-28)24(30)23-11-6-12-27(25(23)31)18-20-7-3-2-4-8-20/h2-12,17H,13-16,18H2,1H3. The van der Waals surface area contributed by atoms with E-state index in [1.54, 1.807) is 24.4 Å². The molecule has 0 spiro atoms. The summed E-state index contributed by atoms with van der Waals surface area (Å²) in [5, 5.41) is 0. The van der Waals surface area contributed by atoms with Crippen molar-refractivity contribution < 1.29 is 18.0 Å². The molecule has 1 amide bonds. The van der Waals surface area contributed by atoms with Gasteiger partial charge >= 0.3 is 0 Å². The van der Waals surface area contributed by atoms with E-state index >= 15 is 0 Å². The van der Waals surface area contributed by atoms with E-state index in [4.69, 9.17) is 0 Å². The third-order valence-corrected chi connectivity index (χ3v) is 7.75. The maximum absolute atomic E-state index is 13.1. The zero-order valence-corrected chi connectivity index (χ0v) is 19.6. The van der Waals surface area contributed by atoms with Crippen molar-refractivity contribution >= 4 is 21.7 Å². The molecule has 4 rings (SSSR count). The minimum atomic E-state index is -3.80. The number of hydrogen-bond donors (Lipinski definition) is 0. The van der Waals surface area contributed by atoms with E-state index in [0.717, 1.165) is 5.56 Å². The predicted molar refractivity (Wildman–Crippen MR) is 127 cm³/mol. The van der Waals surface area contributed by atoms with Crippen molar-refractivity contribution in [2.75, 3.05) is 26.2 Å². The number of amides is 1. The number of hydrogen-bond acceptors (Lipinski definition) is 5. The highest BCUT2D eigenvalue weighted by Crippen LogP contribution is 2.20. The number of nitrogens with zero attached hydrogens (tertiary/aromatic N) is 3. The molecule has 0 bridgehead atoms. The summed E-state index contributed by atoms with van der Waals surface area (Å²) < 4.78 is 28.9. The fraction of sp³-hybridized carbons (Fsp3) is 0.240. The number of ketones is 1. The number of pyridine rings is 1. The molecule has 1 aliphatic rings. The number of Topliss-reactive ketones (excluding diaryl/α,β-unsaturated/α-hetero) is 1. The topological polar surface area (TPSA) is 96.8 Å². The minimum Gasteiger partial charge on any atom is -0.336 e. The molecule has 0 saturated carbocycles. The molecule has 34 heavy (non-hydrogen) atoms. The number of piperazine rings is 1. The molecule has 2 heterocycles. The third-order valence-electron chi connectivity index (χ3n) is 5.85. The van der Waals surface area contributed by atoms with Crippen LogP contribution in [0.3, 0.4) is 0 Å². The highest BCUT2D eigenvalue weighted by Gasteiger charge is 2.31. The Kier molecular flexibility index (Phi) is 6.76. The number of rotatable bonds is 6. The summed E-state index contributed by atoms with van der Waals surface area (Å²) in [6.07, 6.45) is 1.64. The van der Waals surface area contributed by atoms with Crippen LogP contribution >= 0.6 is 0 Å². The quantitative estimate of drug-likeness (QED) is 0.505. The number of sulfonamides is 1. The molecule has 9 heteroatoms. The molecule has 0 radical (unpaired) electrons. The second kappa shape index (κ2) is 9.74. The summed E-state index contributed by atoms with van der Waals surface area (Å²) in [5.41, 5.74) is 0.948. The first kappa shape index (κ1) is 23.6. The number of carbonyl (C=O) groups is 2. The fourth-order valence-corrected chi connectivity index (χ4v) is 5.40. The van der Waals surface area contributed by atoms with Gasteiger partial charge in [0.2, 0.25) is 10.0 Å². The van der Waals surface area contributed by atoms with Crippen LogP contribution in [0.5, 0.6) is 0 Å². The summed E-state index contributed by atoms with van der Waals surface area (Å²) in [7, 11) is -3.80. The molecule has 0 N–H and O–H groups in total. The maximum atomic E-state index is 13.1. The molecule has 1 aliphatic heterocycles. The Balaban J connectivity index is 1.47. The normalized spacial score (nSPS) is 14.7. The Morgan fingerprint density at radius 3 is 2.26 bits per heavy atom. The molecule has 8 nitrogen and oxygen atoms in total. The van der Waals surface area contributed by atoms with Crippen LogP contribution in [-0.2, 0) is 16.6 Å². The molecule has 1 aromatic heterocycles. The lowest BCUT2D eigenvalue weighted by Gasteiger charge is -2.34. The first-order chi connectivity index (χ1) is 16.3. The Hall–Kier alpha value is -3.56. The van der Waals surface area contributed by atoms with Crippen molar-refractivity contribution in [2.24, 2.45) is 0 Å². The van der Waals surface area contributed by atoms with Crippen molar-refractivity contribution in [3.05, 3.63) is 100.0 Å². The van der Waals surface area contributed by atoms with Crippen LogP contribution in [0.1, 0.15) is 33.2 Å². The van der Waals surface area contributed by atoms with E-state index in [0.29, 0.717) is 12.1 Å². The average Bonchev–Trinajstić information content (AvgIpc) is 2.85. The van der Waals surface area contributed by atoms with Gasteiger partial charge in [0.05, 0.1) is 11.4 Å². The van der Waals surface area contributed by atoms with Gasteiger partial charge < -0.3 is 9.47 Å². The molecule has 0 aliphatic carbocycles. The van der Waals surface area contributed by atoms with Gasteiger partial charge in [0.15, 0.2) is 5.78 Å². The summed E-state index contributed by atoms with van der Waals surface area (Å²) in [5.74, 6) is -0.628. The van der Waals surface area contributed by atoms with E-state index < -0.39 is 15.9 Å². The van der Waals surface area contributed by atoms with Gasteiger partial charge in [-0.2, -0.15) is 4.31 Å².